The fourth-order valence-electron chi connectivity index (χ4n) is 3.90. The third-order valence-electron chi connectivity index (χ3n) is 5.33. The lowest BCUT2D eigenvalue weighted by atomic mass is 10.1. The van der Waals surface area contributed by atoms with Gasteiger partial charge in [0, 0.05) is 17.3 Å². The van der Waals surface area contributed by atoms with E-state index < -0.39 is 0 Å². The van der Waals surface area contributed by atoms with Crippen LogP contribution in [0.5, 0.6) is 0 Å². The Morgan fingerprint density at radius 2 is 1.83 bits per heavy atom. The summed E-state index contributed by atoms with van der Waals surface area (Å²) in [5.74, 6) is 1.11. The largest absolute Gasteiger partial charge is 0.486 e. The molecule has 0 aliphatic carbocycles. The van der Waals surface area contributed by atoms with Crippen LogP contribution in [0.15, 0.2) is 60.4 Å². The van der Waals surface area contributed by atoms with Crippen molar-refractivity contribution < 1.29 is 9.53 Å². The van der Waals surface area contributed by atoms with Crippen LogP contribution in [0.3, 0.4) is 0 Å². The summed E-state index contributed by atoms with van der Waals surface area (Å²) in [7, 11) is 0. The summed E-state index contributed by atoms with van der Waals surface area (Å²) in [6, 6.07) is 17.9. The number of thioether (sulfide) groups is 1. The lowest BCUT2D eigenvalue weighted by molar-refractivity contribution is -0.121. The van der Waals surface area contributed by atoms with Gasteiger partial charge in [-0.2, -0.15) is 0 Å². The Morgan fingerprint density at radius 1 is 1.10 bits per heavy atom. The molecule has 1 atom stereocenters. The van der Waals surface area contributed by atoms with E-state index in [9.17, 15) is 4.79 Å². The normalized spacial score (nSPS) is 18.4. The zero-order chi connectivity index (χ0) is 20.1. The van der Waals surface area contributed by atoms with Gasteiger partial charge in [0.15, 0.2) is 5.76 Å². The van der Waals surface area contributed by atoms with Crippen molar-refractivity contribution in [2.24, 2.45) is 0 Å². The number of nitrogens with one attached hydrogen (secondary N) is 1. The van der Waals surface area contributed by atoms with Gasteiger partial charge < -0.3 is 10.1 Å². The Balaban J connectivity index is 1.54. The number of carbonyl (C=O) groups is 1. The fourth-order valence-corrected chi connectivity index (χ4v) is 5.11. The van der Waals surface area contributed by atoms with Crippen LogP contribution in [0.2, 0.25) is 5.02 Å². The smallest absolute Gasteiger partial charge is 0.287 e. The highest BCUT2D eigenvalue weighted by molar-refractivity contribution is 8.08. The molecule has 6 heteroatoms. The number of hydrogen-bond acceptors (Lipinski definition) is 4. The predicted molar refractivity (Wildman–Crippen MR) is 120 cm³/mol. The van der Waals surface area contributed by atoms with Gasteiger partial charge in [0.1, 0.15) is 0 Å². The van der Waals surface area contributed by atoms with E-state index in [1.807, 2.05) is 48.5 Å². The quantitative estimate of drug-likeness (QED) is 0.722. The van der Waals surface area contributed by atoms with Crippen molar-refractivity contribution >= 4 is 34.2 Å². The molecule has 2 heterocycles. The van der Waals surface area contributed by atoms with Gasteiger partial charge in [0.2, 0.25) is 0 Å². The molecule has 2 aliphatic rings. The first-order valence-corrected chi connectivity index (χ1v) is 11.4. The highest BCUT2D eigenvalue weighted by Gasteiger charge is 2.28. The van der Waals surface area contributed by atoms with Crippen molar-refractivity contribution in [3.8, 4) is 0 Å². The molecule has 2 aromatic rings. The predicted octanol–water partition coefficient (Wildman–Crippen LogP) is 4.73. The number of likely N-dealkylation sites (tertiary alicyclic amines) is 1. The van der Waals surface area contributed by atoms with Crippen molar-refractivity contribution in [2.75, 3.05) is 32.0 Å². The summed E-state index contributed by atoms with van der Waals surface area (Å²) >= 11 is 8.16. The molecule has 2 aliphatic heterocycles. The van der Waals surface area contributed by atoms with E-state index in [1.165, 1.54) is 12.8 Å². The van der Waals surface area contributed by atoms with Crippen LogP contribution in [-0.4, -0.2) is 42.8 Å². The van der Waals surface area contributed by atoms with E-state index in [1.54, 1.807) is 11.8 Å². The maximum Gasteiger partial charge on any atom is 0.287 e. The first-order chi connectivity index (χ1) is 14.2. The van der Waals surface area contributed by atoms with Gasteiger partial charge >= 0.3 is 0 Å². The third-order valence-corrected chi connectivity index (χ3v) is 6.75. The molecular weight excluding hydrogens is 404 g/mol. The number of ether oxygens (including phenoxy) is 1. The summed E-state index contributed by atoms with van der Waals surface area (Å²) in [5, 5.41) is 3.86. The SMILES string of the molecule is O=C(NC[C@H](c1ccccc1Cl)N1CCCC1)C1=C(c2ccccc2)SCCO1. The van der Waals surface area contributed by atoms with E-state index in [-0.39, 0.29) is 11.9 Å². The average Bonchev–Trinajstić information content (AvgIpc) is 3.30. The molecule has 0 unspecified atom stereocenters. The number of amides is 1. The highest BCUT2D eigenvalue weighted by Crippen LogP contribution is 2.35. The van der Waals surface area contributed by atoms with Crippen LogP contribution in [0.1, 0.15) is 30.0 Å². The van der Waals surface area contributed by atoms with Gasteiger partial charge in [0.05, 0.1) is 17.6 Å². The second-order valence-electron chi connectivity index (χ2n) is 7.21. The summed E-state index contributed by atoms with van der Waals surface area (Å²) in [5.41, 5.74) is 2.08. The molecule has 1 saturated heterocycles. The number of benzene rings is 2. The molecule has 4 rings (SSSR count). The summed E-state index contributed by atoms with van der Waals surface area (Å²) in [4.78, 5) is 16.4. The molecule has 0 bridgehead atoms. The first-order valence-electron chi connectivity index (χ1n) is 10.1. The van der Waals surface area contributed by atoms with Crippen LogP contribution in [0.4, 0.5) is 0 Å². The molecule has 0 spiro atoms. The number of rotatable bonds is 6. The zero-order valence-corrected chi connectivity index (χ0v) is 17.8. The molecule has 1 amide bonds. The number of halogens is 1. The van der Waals surface area contributed by atoms with Gasteiger partial charge in [0.25, 0.3) is 5.91 Å². The van der Waals surface area contributed by atoms with Crippen LogP contribution in [-0.2, 0) is 9.53 Å². The molecule has 1 N–H and O–H groups in total. The monoisotopic (exact) mass is 428 g/mol. The minimum Gasteiger partial charge on any atom is -0.486 e. The first kappa shape index (κ1) is 20.3. The highest BCUT2D eigenvalue weighted by atomic mass is 35.5. The number of carbonyl (C=O) groups excluding carboxylic acids is 1. The molecule has 0 saturated carbocycles. The molecule has 1 fully saturated rings. The molecule has 0 radical (unpaired) electrons. The molecule has 4 nitrogen and oxygen atoms in total. The van der Waals surface area contributed by atoms with E-state index in [0.29, 0.717) is 18.9 Å². The topological polar surface area (TPSA) is 41.6 Å². The van der Waals surface area contributed by atoms with Gasteiger partial charge in [-0.3, -0.25) is 9.69 Å². The lowest BCUT2D eigenvalue weighted by Gasteiger charge is -2.29. The van der Waals surface area contributed by atoms with Crippen molar-refractivity contribution in [3.63, 3.8) is 0 Å². The standard InChI is InChI=1S/C23H25ClN2O2S/c24-19-11-5-4-10-18(19)20(26-12-6-7-13-26)16-25-23(27)21-22(29-15-14-28-21)17-8-2-1-3-9-17/h1-5,8-11,20H,6-7,12-16H2,(H,25,27)/t20-/m1/s1. The van der Waals surface area contributed by atoms with Crippen molar-refractivity contribution in [2.45, 2.75) is 18.9 Å². The Bertz CT molecular complexity index is 881. The van der Waals surface area contributed by atoms with E-state index in [4.69, 9.17) is 16.3 Å². The van der Waals surface area contributed by atoms with Crippen LogP contribution >= 0.6 is 23.4 Å². The Morgan fingerprint density at radius 3 is 2.59 bits per heavy atom. The summed E-state index contributed by atoms with van der Waals surface area (Å²) < 4.78 is 5.80. The maximum absolute atomic E-state index is 13.1. The van der Waals surface area contributed by atoms with E-state index in [2.05, 4.69) is 16.3 Å². The second kappa shape index (κ2) is 9.70. The van der Waals surface area contributed by atoms with Gasteiger partial charge in [-0.1, -0.05) is 60.1 Å². The van der Waals surface area contributed by atoms with Crippen LogP contribution < -0.4 is 5.32 Å². The minimum absolute atomic E-state index is 0.0622. The number of nitrogens with zero attached hydrogens (tertiary/aromatic N) is 1. The molecular formula is C23H25ClN2O2S. The molecule has 29 heavy (non-hydrogen) atoms. The Labute approximate surface area is 181 Å². The van der Waals surface area contributed by atoms with Crippen LogP contribution in [0, 0.1) is 0 Å². The average molecular weight is 429 g/mol. The van der Waals surface area contributed by atoms with Crippen molar-refractivity contribution in [3.05, 3.63) is 76.5 Å². The van der Waals surface area contributed by atoms with E-state index in [0.717, 1.165) is 39.9 Å². The summed E-state index contributed by atoms with van der Waals surface area (Å²) in [6.45, 7) is 3.10. The van der Waals surface area contributed by atoms with Crippen LogP contribution in [0.25, 0.3) is 4.91 Å². The zero-order valence-electron chi connectivity index (χ0n) is 16.3. The Kier molecular flexibility index (Phi) is 6.80. The summed E-state index contributed by atoms with van der Waals surface area (Å²) in [6.07, 6.45) is 2.36. The molecule has 152 valence electrons. The van der Waals surface area contributed by atoms with Gasteiger partial charge in [-0.25, -0.2) is 0 Å². The Hall–Kier alpha value is -1.95. The van der Waals surface area contributed by atoms with Gasteiger partial charge in [-0.05, 0) is 43.1 Å². The third kappa shape index (κ3) is 4.80. The van der Waals surface area contributed by atoms with E-state index >= 15 is 0 Å². The maximum atomic E-state index is 13.1. The van der Waals surface area contributed by atoms with Crippen molar-refractivity contribution in [1.82, 2.24) is 10.2 Å². The van der Waals surface area contributed by atoms with Crippen molar-refractivity contribution in [1.29, 1.82) is 0 Å². The second-order valence-corrected chi connectivity index (χ2v) is 8.72. The number of hydrogen-bond donors (Lipinski definition) is 1. The minimum atomic E-state index is -0.160. The molecule has 0 aromatic heterocycles. The molecule has 2 aromatic carbocycles. The lowest BCUT2D eigenvalue weighted by Crippen LogP contribution is -2.38. The van der Waals surface area contributed by atoms with Gasteiger partial charge in [-0.15, -0.1) is 11.8 Å². The fraction of sp³-hybridized carbons (Fsp3) is 0.348.